The second kappa shape index (κ2) is 7.89. The summed E-state index contributed by atoms with van der Waals surface area (Å²) in [4.78, 5) is 12.6. The number of benzene rings is 2. The molecule has 3 rings (SSSR count). The van der Waals surface area contributed by atoms with E-state index in [1.807, 2.05) is 48.2 Å². The van der Waals surface area contributed by atoms with Gasteiger partial charge in [0.25, 0.3) is 0 Å². The summed E-state index contributed by atoms with van der Waals surface area (Å²) in [6.45, 7) is 2.20. The first kappa shape index (κ1) is 17.8. The molecule has 0 aliphatic carbocycles. The summed E-state index contributed by atoms with van der Waals surface area (Å²) in [6.07, 6.45) is 3.80. The highest BCUT2D eigenvalue weighted by Crippen LogP contribution is 2.37. The molecule has 3 aromatic rings. The highest BCUT2D eigenvalue weighted by Gasteiger charge is 2.17. The largest absolute Gasteiger partial charge is 0.490 e. The standard InChI is InChI=1S/C20H15BrN2O3/c1-2-25-18-11-14(13-22)10-17(21)19(18)26-20(24)15-6-5-7-16(12-15)23-8-3-4-9-23/h3-12H,2H2,1H3. The van der Waals surface area contributed by atoms with Crippen molar-refractivity contribution in [3.05, 3.63) is 76.5 Å². The van der Waals surface area contributed by atoms with E-state index in [9.17, 15) is 4.79 Å². The Bertz CT molecular complexity index is 975. The van der Waals surface area contributed by atoms with Gasteiger partial charge in [0.2, 0.25) is 0 Å². The SMILES string of the molecule is CCOc1cc(C#N)cc(Br)c1OC(=O)c1cccc(-n2cccc2)c1. The van der Waals surface area contributed by atoms with Crippen LogP contribution in [0, 0.1) is 11.3 Å². The first-order valence-corrected chi connectivity index (χ1v) is 8.73. The number of nitriles is 1. The summed E-state index contributed by atoms with van der Waals surface area (Å²) in [5.41, 5.74) is 1.68. The number of nitrogens with zero attached hydrogens (tertiary/aromatic N) is 2. The van der Waals surface area contributed by atoms with Crippen LogP contribution in [0.4, 0.5) is 0 Å². The van der Waals surface area contributed by atoms with Crippen LogP contribution < -0.4 is 9.47 Å². The molecule has 1 heterocycles. The van der Waals surface area contributed by atoms with Gasteiger partial charge < -0.3 is 14.0 Å². The van der Waals surface area contributed by atoms with Gasteiger partial charge >= 0.3 is 5.97 Å². The summed E-state index contributed by atoms with van der Waals surface area (Å²) >= 11 is 3.34. The zero-order chi connectivity index (χ0) is 18.5. The maximum absolute atomic E-state index is 12.6. The molecule has 0 saturated carbocycles. The Morgan fingerprint density at radius 3 is 2.65 bits per heavy atom. The van der Waals surface area contributed by atoms with Crippen LogP contribution in [0.5, 0.6) is 11.5 Å². The van der Waals surface area contributed by atoms with Crippen molar-refractivity contribution in [3.8, 4) is 23.3 Å². The Balaban J connectivity index is 1.91. The molecule has 0 unspecified atom stereocenters. The van der Waals surface area contributed by atoms with Crippen LogP contribution in [-0.2, 0) is 0 Å². The van der Waals surface area contributed by atoms with E-state index in [1.165, 1.54) is 0 Å². The summed E-state index contributed by atoms with van der Waals surface area (Å²) < 4.78 is 13.5. The molecule has 0 saturated heterocycles. The summed E-state index contributed by atoms with van der Waals surface area (Å²) in [6, 6.07) is 16.1. The van der Waals surface area contributed by atoms with Crippen LogP contribution >= 0.6 is 15.9 Å². The lowest BCUT2D eigenvalue weighted by molar-refractivity contribution is 0.0727. The molecule has 130 valence electrons. The predicted octanol–water partition coefficient (Wildman–Crippen LogP) is 4.73. The van der Waals surface area contributed by atoms with Crippen LogP contribution in [0.2, 0.25) is 0 Å². The number of esters is 1. The molecule has 0 N–H and O–H groups in total. The molecule has 0 fully saturated rings. The Morgan fingerprint density at radius 2 is 1.96 bits per heavy atom. The number of aromatic nitrogens is 1. The molecule has 1 aromatic heterocycles. The van der Waals surface area contributed by atoms with Gasteiger partial charge in [-0.15, -0.1) is 0 Å². The van der Waals surface area contributed by atoms with Gasteiger partial charge in [-0.1, -0.05) is 6.07 Å². The number of halogens is 1. The highest BCUT2D eigenvalue weighted by molar-refractivity contribution is 9.10. The van der Waals surface area contributed by atoms with Gasteiger partial charge in [-0.3, -0.25) is 0 Å². The third kappa shape index (κ3) is 3.79. The van der Waals surface area contributed by atoms with E-state index in [4.69, 9.17) is 14.7 Å². The molecular weight excluding hydrogens is 396 g/mol. The Hall–Kier alpha value is -3.04. The van der Waals surface area contributed by atoms with Crippen LogP contribution in [0.3, 0.4) is 0 Å². The quantitative estimate of drug-likeness (QED) is 0.450. The molecule has 0 spiro atoms. The minimum atomic E-state index is -0.509. The number of carbonyl (C=O) groups is 1. The van der Waals surface area contributed by atoms with Gasteiger partial charge in [0.05, 0.1) is 28.3 Å². The first-order valence-electron chi connectivity index (χ1n) is 7.94. The van der Waals surface area contributed by atoms with Crippen molar-refractivity contribution in [3.63, 3.8) is 0 Å². The van der Waals surface area contributed by atoms with Crippen LogP contribution in [0.25, 0.3) is 5.69 Å². The van der Waals surface area contributed by atoms with E-state index in [0.29, 0.717) is 28.0 Å². The molecule has 26 heavy (non-hydrogen) atoms. The molecule has 0 aliphatic rings. The molecule has 0 atom stereocenters. The number of hydrogen-bond donors (Lipinski definition) is 0. The normalized spacial score (nSPS) is 10.2. The minimum Gasteiger partial charge on any atom is -0.490 e. The Morgan fingerprint density at radius 1 is 1.19 bits per heavy atom. The molecule has 2 aromatic carbocycles. The molecule has 6 heteroatoms. The van der Waals surface area contributed by atoms with E-state index >= 15 is 0 Å². The van der Waals surface area contributed by atoms with E-state index in [1.54, 1.807) is 30.3 Å². The topological polar surface area (TPSA) is 64.2 Å². The van der Waals surface area contributed by atoms with Gasteiger partial charge in [0.1, 0.15) is 0 Å². The first-order chi connectivity index (χ1) is 12.6. The van der Waals surface area contributed by atoms with Crippen molar-refractivity contribution in [2.75, 3.05) is 6.61 Å². The van der Waals surface area contributed by atoms with Gasteiger partial charge in [0.15, 0.2) is 11.5 Å². The molecule has 0 radical (unpaired) electrons. The fraction of sp³-hybridized carbons (Fsp3) is 0.100. The van der Waals surface area contributed by atoms with E-state index < -0.39 is 5.97 Å². The average molecular weight is 411 g/mol. The monoisotopic (exact) mass is 410 g/mol. The van der Waals surface area contributed by atoms with E-state index in [-0.39, 0.29) is 5.75 Å². The van der Waals surface area contributed by atoms with Gasteiger partial charge in [0, 0.05) is 24.1 Å². The van der Waals surface area contributed by atoms with Crippen LogP contribution in [-0.4, -0.2) is 17.1 Å². The fourth-order valence-electron chi connectivity index (χ4n) is 2.45. The Kier molecular flexibility index (Phi) is 5.40. The van der Waals surface area contributed by atoms with Gasteiger partial charge in [-0.2, -0.15) is 5.26 Å². The fourth-order valence-corrected chi connectivity index (χ4v) is 2.97. The highest BCUT2D eigenvalue weighted by atomic mass is 79.9. The lowest BCUT2D eigenvalue weighted by atomic mass is 10.2. The molecule has 0 bridgehead atoms. The molecule has 0 amide bonds. The maximum Gasteiger partial charge on any atom is 0.343 e. The van der Waals surface area contributed by atoms with Gasteiger partial charge in [-0.25, -0.2) is 4.79 Å². The zero-order valence-corrected chi connectivity index (χ0v) is 15.6. The summed E-state index contributed by atoms with van der Waals surface area (Å²) in [7, 11) is 0. The predicted molar refractivity (Wildman–Crippen MR) is 101 cm³/mol. The van der Waals surface area contributed by atoms with Crippen LogP contribution in [0.1, 0.15) is 22.8 Å². The van der Waals surface area contributed by atoms with Crippen molar-refractivity contribution in [1.82, 2.24) is 4.57 Å². The summed E-state index contributed by atoms with van der Waals surface area (Å²) in [5.74, 6) is 0.0842. The summed E-state index contributed by atoms with van der Waals surface area (Å²) in [5, 5.41) is 9.09. The third-order valence-corrected chi connectivity index (χ3v) is 4.21. The third-order valence-electron chi connectivity index (χ3n) is 3.62. The second-order valence-corrected chi connectivity index (χ2v) is 6.21. The minimum absolute atomic E-state index is 0.252. The van der Waals surface area contributed by atoms with Gasteiger partial charge in [-0.05, 0) is 59.3 Å². The van der Waals surface area contributed by atoms with Crippen molar-refractivity contribution in [2.24, 2.45) is 0 Å². The van der Waals surface area contributed by atoms with Crippen molar-refractivity contribution < 1.29 is 14.3 Å². The number of rotatable bonds is 5. The lowest BCUT2D eigenvalue weighted by Gasteiger charge is -2.13. The second-order valence-electron chi connectivity index (χ2n) is 5.36. The maximum atomic E-state index is 12.6. The Labute approximate surface area is 159 Å². The average Bonchev–Trinajstić information content (AvgIpc) is 3.19. The van der Waals surface area contributed by atoms with Crippen molar-refractivity contribution in [2.45, 2.75) is 6.92 Å². The smallest absolute Gasteiger partial charge is 0.343 e. The molecule has 0 aliphatic heterocycles. The van der Waals surface area contributed by atoms with Crippen LogP contribution in [0.15, 0.2) is 65.4 Å². The zero-order valence-electron chi connectivity index (χ0n) is 14.0. The molecule has 5 nitrogen and oxygen atoms in total. The van der Waals surface area contributed by atoms with E-state index in [0.717, 1.165) is 5.69 Å². The number of carbonyl (C=O) groups excluding carboxylic acids is 1. The number of ether oxygens (including phenoxy) is 2. The van der Waals surface area contributed by atoms with Crippen molar-refractivity contribution >= 4 is 21.9 Å². The lowest BCUT2D eigenvalue weighted by Crippen LogP contribution is -2.11. The molecular formula is C20H15BrN2O3. The van der Waals surface area contributed by atoms with E-state index in [2.05, 4.69) is 15.9 Å². The van der Waals surface area contributed by atoms with Crippen molar-refractivity contribution in [1.29, 1.82) is 5.26 Å². The number of hydrogen-bond acceptors (Lipinski definition) is 4.